The summed E-state index contributed by atoms with van der Waals surface area (Å²) < 4.78 is 2.23. The molecular weight excluding hydrogens is 162 g/mol. The van der Waals surface area contributed by atoms with E-state index in [4.69, 9.17) is 0 Å². The lowest BCUT2D eigenvalue weighted by molar-refractivity contribution is 0.574. The van der Waals surface area contributed by atoms with Crippen molar-refractivity contribution >= 4 is 0 Å². The van der Waals surface area contributed by atoms with Gasteiger partial charge in [0.1, 0.15) is 5.82 Å². The SMILES string of the molecule is CCc1cnc(C2CCCN2)n1C. The van der Waals surface area contributed by atoms with Gasteiger partial charge in [-0.2, -0.15) is 0 Å². The van der Waals surface area contributed by atoms with Gasteiger partial charge in [-0.15, -0.1) is 0 Å². The van der Waals surface area contributed by atoms with E-state index >= 15 is 0 Å². The number of hydrogen-bond acceptors (Lipinski definition) is 2. The predicted octanol–water partition coefficient (Wildman–Crippen LogP) is 1.41. The van der Waals surface area contributed by atoms with Gasteiger partial charge in [0.05, 0.1) is 6.04 Å². The highest BCUT2D eigenvalue weighted by molar-refractivity contribution is 5.09. The average molecular weight is 179 g/mol. The Morgan fingerprint density at radius 2 is 2.54 bits per heavy atom. The lowest BCUT2D eigenvalue weighted by Crippen LogP contribution is -2.17. The summed E-state index contributed by atoms with van der Waals surface area (Å²) in [6.45, 7) is 3.31. The first kappa shape index (κ1) is 8.75. The fourth-order valence-electron chi connectivity index (χ4n) is 2.02. The molecule has 72 valence electrons. The first-order valence-corrected chi connectivity index (χ1v) is 5.06. The highest BCUT2D eigenvalue weighted by Crippen LogP contribution is 2.22. The van der Waals surface area contributed by atoms with Crippen LogP contribution in [0.2, 0.25) is 0 Å². The second-order valence-electron chi connectivity index (χ2n) is 3.67. The molecule has 0 aliphatic carbocycles. The second kappa shape index (κ2) is 3.50. The van der Waals surface area contributed by atoms with Crippen LogP contribution in [0.3, 0.4) is 0 Å². The first-order chi connectivity index (χ1) is 6.33. The van der Waals surface area contributed by atoms with E-state index in [9.17, 15) is 0 Å². The van der Waals surface area contributed by atoms with Gasteiger partial charge in [0.2, 0.25) is 0 Å². The minimum absolute atomic E-state index is 0.491. The van der Waals surface area contributed by atoms with Crippen LogP contribution in [0.15, 0.2) is 6.20 Å². The van der Waals surface area contributed by atoms with Crippen LogP contribution < -0.4 is 5.32 Å². The molecule has 1 aliphatic rings. The molecule has 1 N–H and O–H groups in total. The van der Waals surface area contributed by atoms with Crippen LogP contribution in [0.5, 0.6) is 0 Å². The van der Waals surface area contributed by atoms with Crippen molar-refractivity contribution in [2.45, 2.75) is 32.2 Å². The third-order valence-electron chi connectivity index (χ3n) is 2.85. The Hall–Kier alpha value is -0.830. The maximum absolute atomic E-state index is 4.47. The van der Waals surface area contributed by atoms with Crippen LogP contribution >= 0.6 is 0 Å². The monoisotopic (exact) mass is 179 g/mol. The summed E-state index contributed by atoms with van der Waals surface area (Å²) in [4.78, 5) is 4.47. The zero-order chi connectivity index (χ0) is 9.26. The van der Waals surface area contributed by atoms with Crippen LogP contribution in [0.25, 0.3) is 0 Å². The Balaban J connectivity index is 2.24. The summed E-state index contributed by atoms with van der Waals surface area (Å²) in [5, 5.41) is 3.47. The first-order valence-electron chi connectivity index (χ1n) is 5.06. The van der Waals surface area contributed by atoms with Gasteiger partial charge in [-0.3, -0.25) is 0 Å². The number of nitrogens with one attached hydrogen (secondary N) is 1. The van der Waals surface area contributed by atoms with Crippen LogP contribution in [0, 0.1) is 0 Å². The Bertz CT molecular complexity index is 284. The number of imidazole rings is 1. The molecule has 0 aromatic carbocycles. The summed E-state index contributed by atoms with van der Waals surface area (Å²) in [7, 11) is 2.11. The minimum Gasteiger partial charge on any atom is -0.334 e. The van der Waals surface area contributed by atoms with Gasteiger partial charge in [-0.05, 0) is 25.8 Å². The zero-order valence-electron chi connectivity index (χ0n) is 8.38. The number of nitrogens with zero attached hydrogens (tertiary/aromatic N) is 2. The number of aromatic nitrogens is 2. The average Bonchev–Trinajstić information content (AvgIpc) is 2.72. The Labute approximate surface area is 79.2 Å². The van der Waals surface area contributed by atoms with Crippen molar-refractivity contribution in [3.05, 3.63) is 17.7 Å². The van der Waals surface area contributed by atoms with Gasteiger partial charge < -0.3 is 9.88 Å². The molecule has 0 spiro atoms. The summed E-state index contributed by atoms with van der Waals surface area (Å²) in [6, 6.07) is 0.491. The van der Waals surface area contributed by atoms with Crippen LogP contribution in [-0.4, -0.2) is 16.1 Å². The summed E-state index contributed by atoms with van der Waals surface area (Å²) in [5.41, 5.74) is 1.32. The third kappa shape index (κ3) is 1.48. The van der Waals surface area contributed by atoms with E-state index in [2.05, 4.69) is 28.8 Å². The highest BCUT2D eigenvalue weighted by atomic mass is 15.1. The van der Waals surface area contributed by atoms with Crippen molar-refractivity contribution in [2.75, 3.05) is 6.54 Å². The molecule has 1 atom stereocenters. The molecule has 1 unspecified atom stereocenters. The standard InChI is InChI=1S/C10H17N3/c1-3-8-7-12-10(13(8)2)9-5-4-6-11-9/h7,9,11H,3-6H2,1-2H3. The molecular formula is C10H17N3. The van der Waals surface area contributed by atoms with Gasteiger partial charge in [0.25, 0.3) is 0 Å². The van der Waals surface area contributed by atoms with Gasteiger partial charge in [-0.1, -0.05) is 6.92 Å². The minimum atomic E-state index is 0.491. The number of aryl methyl sites for hydroxylation is 1. The molecule has 1 aromatic rings. The van der Waals surface area contributed by atoms with Gasteiger partial charge in [0.15, 0.2) is 0 Å². The van der Waals surface area contributed by atoms with Crippen molar-refractivity contribution in [1.29, 1.82) is 0 Å². The molecule has 2 rings (SSSR count). The maximum atomic E-state index is 4.47. The highest BCUT2D eigenvalue weighted by Gasteiger charge is 2.20. The van der Waals surface area contributed by atoms with E-state index in [1.54, 1.807) is 0 Å². The van der Waals surface area contributed by atoms with Gasteiger partial charge in [0, 0.05) is 18.9 Å². The van der Waals surface area contributed by atoms with E-state index in [-0.39, 0.29) is 0 Å². The topological polar surface area (TPSA) is 29.9 Å². The normalized spacial score (nSPS) is 22.5. The summed E-state index contributed by atoms with van der Waals surface area (Å²) in [6.07, 6.45) is 5.57. The van der Waals surface area contributed by atoms with Crippen LogP contribution in [0.4, 0.5) is 0 Å². The van der Waals surface area contributed by atoms with E-state index in [1.807, 2.05) is 6.20 Å². The molecule has 0 saturated carbocycles. The third-order valence-corrected chi connectivity index (χ3v) is 2.85. The van der Waals surface area contributed by atoms with Crippen molar-refractivity contribution in [2.24, 2.45) is 7.05 Å². The molecule has 1 aliphatic heterocycles. The predicted molar refractivity (Wildman–Crippen MR) is 52.6 cm³/mol. The molecule has 0 radical (unpaired) electrons. The van der Waals surface area contributed by atoms with Crippen LogP contribution in [0.1, 0.15) is 37.3 Å². The summed E-state index contributed by atoms with van der Waals surface area (Å²) in [5.74, 6) is 1.20. The van der Waals surface area contributed by atoms with Gasteiger partial charge in [-0.25, -0.2) is 4.98 Å². The molecule has 1 saturated heterocycles. The smallest absolute Gasteiger partial charge is 0.125 e. The van der Waals surface area contributed by atoms with Crippen molar-refractivity contribution in [1.82, 2.24) is 14.9 Å². The van der Waals surface area contributed by atoms with Crippen molar-refractivity contribution in [3.8, 4) is 0 Å². The number of rotatable bonds is 2. The number of hydrogen-bond donors (Lipinski definition) is 1. The Morgan fingerprint density at radius 3 is 3.08 bits per heavy atom. The zero-order valence-corrected chi connectivity index (χ0v) is 8.38. The lowest BCUT2D eigenvalue weighted by atomic mass is 10.2. The largest absolute Gasteiger partial charge is 0.334 e. The molecule has 0 bridgehead atoms. The Kier molecular flexibility index (Phi) is 2.36. The Morgan fingerprint density at radius 1 is 1.69 bits per heavy atom. The quantitative estimate of drug-likeness (QED) is 0.744. The molecule has 2 heterocycles. The molecule has 1 aromatic heterocycles. The van der Waals surface area contributed by atoms with Gasteiger partial charge >= 0.3 is 0 Å². The van der Waals surface area contributed by atoms with E-state index in [0.717, 1.165) is 13.0 Å². The fraction of sp³-hybridized carbons (Fsp3) is 0.700. The van der Waals surface area contributed by atoms with Crippen LogP contribution in [-0.2, 0) is 13.5 Å². The molecule has 0 amide bonds. The van der Waals surface area contributed by atoms with Crippen molar-refractivity contribution in [3.63, 3.8) is 0 Å². The molecule has 3 heteroatoms. The molecule has 13 heavy (non-hydrogen) atoms. The van der Waals surface area contributed by atoms with E-state index < -0.39 is 0 Å². The van der Waals surface area contributed by atoms with Crippen molar-refractivity contribution < 1.29 is 0 Å². The summed E-state index contributed by atoms with van der Waals surface area (Å²) >= 11 is 0. The van der Waals surface area contributed by atoms with E-state index in [0.29, 0.717) is 6.04 Å². The lowest BCUT2D eigenvalue weighted by Gasteiger charge is -2.10. The fourth-order valence-corrected chi connectivity index (χ4v) is 2.02. The molecule has 3 nitrogen and oxygen atoms in total. The second-order valence-corrected chi connectivity index (χ2v) is 3.67. The van der Waals surface area contributed by atoms with E-state index in [1.165, 1.54) is 24.4 Å². The maximum Gasteiger partial charge on any atom is 0.125 e. The molecule has 1 fully saturated rings.